The molecule has 0 radical (unpaired) electrons. The van der Waals surface area contributed by atoms with Gasteiger partial charge in [0.05, 0.1) is 12.8 Å². The number of ether oxygens (including phenoxy) is 1. The van der Waals surface area contributed by atoms with Gasteiger partial charge in [-0.15, -0.1) is 0 Å². The predicted molar refractivity (Wildman–Crippen MR) is 92.8 cm³/mol. The zero-order chi connectivity index (χ0) is 17.1. The van der Waals surface area contributed by atoms with Gasteiger partial charge in [0.25, 0.3) is 0 Å². The number of nitrogens with zero attached hydrogens (tertiary/aromatic N) is 3. The number of nitrogen functional groups attached to an aromatic ring is 2. The van der Waals surface area contributed by atoms with Gasteiger partial charge in [-0.2, -0.15) is 4.98 Å². The van der Waals surface area contributed by atoms with Crippen molar-refractivity contribution >= 4 is 23.9 Å². The Labute approximate surface area is 140 Å². The van der Waals surface area contributed by atoms with Crippen LogP contribution in [0.3, 0.4) is 0 Å². The van der Waals surface area contributed by atoms with Gasteiger partial charge < -0.3 is 21.1 Å². The molecule has 2 aromatic rings. The summed E-state index contributed by atoms with van der Waals surface area (Å²) in [7, 11) is 1.65. The van der Waals surface area contributed by atoms with Crippen molar-refractivity contribution < 1.29 is 9.53 Å². The minimum absolute atomic E-state index is 0.0756. The molecular formula is C17H21N5O2. The summed E-state index contributed by atoms with van der Waals surface area (Å²) in [6.45, 7) is 0. The Morgan fingerprint density at radius 1 is 1.29 bits per heavy atom. The number of anilines is 3. The molecule has 24 heavy (non-hydrogen) atoms. The maximum absolute atomic E-state index is 11.6. The highest BCUT2D eigenvalue weighted by Gasteiger charge is 2.29. The van der Waals surface area contributed by atoms with Gasteiger partial charge in [0.2, 0.25) is 12.4 Å². The average molecular weight is 327 g/mol. The number of aromatic nitrogens is 2. The third kappa shape index (κ3) is 3.10. The highest BCUT2D eigenvalue weighted by atomic mass is 16.5. The van der Waals surface area contributed by atoms with Crippen molar-refractivity contribution in [2.45, 2.75) is 31.7 Å². The highest BCUT2D eigenvalue weighted by Crippen LogP contribution is 2.34. The van der Waals surface area contributed by atoms with E-state index >= 15 is 0 Å². The van der Waals surface area contributed by atoms with Gasteiger partial charge in [-0.1, -0.05) is 12.1 Å². The van der Waals surface area contributed by atoms with Gasteiger partial charge >= 0.3 is 0 Å². The SMILES string of the molecule is COc1ccc(CCC2CCc3nc(N)nc(N)c3N2C=O)cc1. The Kier molecular flexibility index (Phi) is 4.50. The number of hydrogen-bond donors (Lipinski definition) is 2. The minimum Gasteiger partial charge on any atom is -0.497 e. The van der Waals surface area contributed by atoms with Crippen LogP contribution in [0.1, 0.15) is 24.1 Å². The maximum atomic E-state index is 11.6. The average Bonchev–Trinajstić information content (AvgIpc) is 2.59. The molecule has 2 heterocycles. The number of methoxy groups -OCH3 is 1. The fourth-order valence-electron chi connectivity index (χ4n) is 3.17. The standard InChI is InChI=1S/C17H21N5O2/c1-24-13-7-3-11(4-8-13)2-5-12-6-9-14-15(22(12)10-23)16(18)21-17(19)20-14/h3-4,7-8,10,12H,2,5-6,9H2,1H3,(H4,18,19,20,21). The van der Waals surface area contributed by atoms with E-state index in [4.69, 9.17) is 16.2 Å². The molecule has 1 unspecified atom stereocenters. The van der Waals surface area contributed by atoms with Crippen LogP contribution in [-0.2, 0) is 17.6 Å². The summed E-state index contributed by atoms with van der Waals surface area (Å²) in [5.74, 6) is 1.25. The van der Waals surface area contributed by atoms with Crippen molar-refractivity contribution in [3.63, 3.8) is 0 Å². The summed E-state index contributed by atoms with van der Waals surface area (Å²) in [6, 6.07) is 8.04. The zero-order valence-electron chi connectivity index (χ0n) is 13.6. The Balaban J connectivity index is 1.75. The van der Waals surface area contributed by atoms with Crippen molar-refractivity contribution in [2.24, 2.45) is 0 Å². The van der Waals surface area contributed by atoms with E-state index in [1.165, 1.54) is 5.56 Å². The van der Waals surface area contributed by atoms with E-state index in [0.717, 1.165) is 43.5 Å². The van der Waals surface area contributed by atoms with E-state index in [1.54, 1.807) is 12.0 Å². The third-order valence-electron chi connectivity index (χ3n) is 4.41. The third-order valence-corrected chi connectivity index (χ3v) is 4.41. The molecule has 0 fully saturated rings. The van der Waals surface area contributed by atoms with E-state index in [1.807, 2.05) is 24.3 Å². The Bertz CT molecular complexity index is 733. The Hall–Kier alpha value is -2.83. The lowest BCUT2D eigenvalue weighted by Crippen LogP contribution is -2.40. The van der Waals surface area contributed by atoms with E-state index in [2.05, 4.69) is 9.97 Å². The lowest BCUT2D eigenvalue weighted by molar-refractivity contribution is -0.108. The van der Waals surface area contributed by atoms with Crippen LogP contribution in [0.2, 0.25) is 0 Å². The van der Waals surface area contributed by atoms with Gasteiger partial charge in [0.15, 0.2) is 5.82 Å². The number of rotatable bonds is 5. The molecule has 0 aliphatic carbocycles. The normalized spacial score (nSPS) is 16.5. The molecule has 0 saturated heterocycles. The second-order valence-electron chi connectivity index (χ2n) is 5.85. The number of amides is 1. The molecule has 3 rings (SSSR count). The Morgan fingerprint density at radius 2 is 2.04 bits per heavy atom. The van der Waals surface area contributed by atoms with Crippen molar-refractivity contribution in [3.8, 4) is 5.75 Å². The van der Waals surface area contributed by atoms with Gasteiger partial charge in [-0.25, -0.2) is 4.98 Å². The van der Waals surface area contributed by atoms with Crippen molar-refractivity contribution in [3.05, 3.63) is 35.5 Å². The first-order valence-electron chi connectivity index (χ1n) is 7.90. The predicted octanol–water partition coefficient (Wildman–Crippen LogP) is 1.56. The summed E-state index contributed by atoms with van der Waals surface area (Å²) >= 11 is 0. The lowest BCUT2D eigenvalue weighted by Gasteiger charge is -2.34. The van der Waals surface area contributed by atoms with Gasteiger partial charge in [-0.05, 0) is 43.4 Å². The molecule has 1 aliphatic heterocycles. The molecule has 7 heteroatoms. The Morgan fingerprint density at radius 3 is 2.71 bits per heavy atom. The largest absolute Gasteiger partial charge is 0.497 e. The summed E-state index contributed by atoms with van der Waals surface area (Å²) < 4.78 is 5.17. The topological polar surface area (TPSA) is 107 Å². The molecule has 1 atom stereocenters. The summed E-state index contributed by atoms with van der Waals surface area (Å²) in [5, 5.41) is 0. The first kappa shape index (κ1) is 16.0. The zero-order valence-corrected chi connectivity index (χ0v) is 13.6. The molecule has 0 saturated carbocycles. The fourth-order valence-corrected chi connectivity index (χ4v) is 3.17. The second kappa shape index (κ2) is 6.74. The smallest absolute Gasteiger partial charge is 0.222 e. The number of carbonyl (C=O) groups is 1. The number of benzene rings is 1. The van der Waals surface area contributed by atoms with Crippen molar-refractivity contribution in [1.82, 2.24) is 9.97 Å². The first-order chi connectivity index (χ1) is 11.6. The van der Waals surface area contributed by atoms with E-state index in [9.17, 15) is 4.79 Å². The van der Waals surface area contributed by atoms with Crippen molar-refractivity contribution in [1.29, 1.82) is 0 Å². The highest BCUT2D eigenvalue weighted by molar-refractivity contribution is 5.84. The van der Waals surface area contributed by atoms with Gasteiger partial charge in [-0.3, -0.25) is 4.79 Å². The van der Waals surface area contributed by atoms with Gasteiger partial charge in [0.1, 0.15) is 11.4 Å². The number of fused-ring (bicyclic) bond motifs is 1. The van der Waals surface area contributed by atoms with Crippen molar-refractivity contribution in [2.75, 3.05) is 23.5 Å². The van der Waals surface area contributed by atoms with Crippen LogP contribution < -0.4 is 21.1 Å². The first-order valence-corrected chi connectivity index (χ1v) is 7.90. The fraction of sp³-hybridized carbons (Fsp3) is 0.353. The molecule has 126 valence electrons. The number of carbonyl (C=O) groups excluding carboxylic acids is 1. The van der Waals surface area contributed by atoms with E-state index in [-0.39, 0.29) is 17.8 Å². The quantitative estimate of drug-likeness (QED) is 0.807. The summed E-state index contributed by atoms with van der Waals surface area (Å²) in [5.41, 5.74) is 14.2. The van der Waals surface area contributed by atoms with Crippen LogP contribution >= 0.6 is 0 Å². The molecule has 1 aromatic carbocycles. The number of aryl methyl sites for hydroxylation is 2. The molecule has 1 aliphatic rings. The number of nitrogens with two attached hydrogens (primary N) is 2. The van der Waals surface area contributed by atoms with Gasteiger partial charge in [0, 0.05) is 6.04 Å². The molecule has 1 aromatic heterocycles. The molecule has 0 spiro atoms. The molecule has 4 N–H and O–H groups in total. The summed E-state index contributed by atoms with van der Waals surface area (Å²) in [4.78, 5) is 21.5. The van der Waals surface area contributed by atoms with Crippen LogP contribution in [0.4, 0.5) is 17.5 Å². The van der Waals surface area contributed by atoms with Crippen LogP contribution in [-0.4, -0.2) is 29.5 Å². The molecule has 7 nitrogen and oxygen atoms in total. The molecule has 0 bridgehead atoms. The summed E-state index contributed by atoms with van der Waals surface area (Å²) in [6.07, 6.45) is 4.09. The van der Waals surface area contributed by atoms with Crippen LogP contribution in [0, 0.1) is 0 Å². The minimum atomic E-state index is 0.0756. The monoisotopic (exact) mass is 327 g/mol. The molecular weight excluding hydrogens is 306 g/mol. The molecule has 1 amide bonds. The lowest BCUT2D eigenvalue weighted by atomic mass is 9.95. The maximum Gasteiger partial charge on any atom is 0.222 e. The van der Waals surface area contributed by atoms with Crippen LogP contribution in [0.15, 0.2) is 24.3 Å². The van der Waals surface area contributed by atoms with Crippen LogP contribution in [0.25, 0.3) is 0 Å². The van der Waals surface area contributed by atoms with Crippen LogP contribution in [0.5, 0.6) is 5.75 Å². The number of hydrogen-bond acceptors (Lipinski definition) is 6. The van der Waals surface area contributed by atoms with E-state index < -0.39 is 0 Å². The van der Waals surface area contributed by atoms with E-state index in [0.29, 0.717) is 5.69 Å². The second-order valence-corrected chi connectivity index (χ2v) is 5.85.